The molecule has 0 aliphatic carbocycles. The van der Waals surface area contributed by atoms with Crippen LogP contribution in [0.1, 0.15) is 30.6 Å². The highest BCUT2D eigenvalue weighted by atomic mass is 79.9. The Morgan fingerprint density at radius 3 is 2.53 bits per heavy atom. The van der Waals surface area contributed by atoms with Gasteiger partial charge in [0, 0.05) is 18.2 Å². The Morgan fingerprint density at radius 1 is 1.37 bits per heavy atom. The van der Waals surface area contributed by atoms with Crippen LogP contribution in [0.4, 0.5) is 13.2 Å². The minimum atomic E-state index is -4.44. The molecule has 1 rings (SSSR count). The predicted octanol–water partition coefficient (Wildman–Crippen LogP) is 4.17. The summed E-state index contributed by atoms with van der Waals surface area (Å²) in [5.74, 6) is -0.179. The summed E-state index contributed by atoms with van der Waals surface area (Å²) in [6.45, 7) is 2.24. The smallest absolute Gasteiger partial charge is 0.388 e. The van der Waals surface area contributed by atoms with Gasteiger partial charge in [-0.05, 0) is 30.0 Å². The molecule has 0 aliphatic rings. The van der Waals surface area contributed by atoms with Crippen LogP contribution in [-0.4, -0.2) is 18.8 Å². The molecule has 0 aliphatic heterocycles. The zero-order chi connectivity index (χ0) is 14.6. The molecule has 0 heterocycles. The third kappa shape index (κ3) is 4.47. The van der Waals surface area contributed by atoms with Gasteiger partial charge in [0.15, 0.2) is 0 Å². The average molecular weight is 341 g/mol. The van der Waals surface area contributed by atoms with E-state index in [9.17, 15) is 18.3 Å². The van der Waals surface area contributed by atoms with E-state index in [1.165, 1.54) is 12.1 Å². The van der Waals surface area contributed by atoms with E-state index < -0.39 is 17.8 Å². The Kier molecular flexibility index (Phi) is 5.82. The van der Waals surface area contributed by atoms with E-state index in [2.05, 4.69) is 15.9 Å². The van der Waals surface area contributed by atoms with Crippen molar-refractivity contribution in [3.05, 3.63) is 33.8 Å². The highest BCUT2D eigenvalue weighted by Gasteiger charge is 2.33. The predicted molar refractivity (Wildman–Crippen MR) is 69.8 cm³/mol. The van der Waals surface area contributed by atoms with Gasteiger partial charge in [0.2, 0.25) is 0 Å². The second-order valence-corrected chi connectivity index (χ2v) is 5.29. The first kappa shape index (κ1) is 16.5. The fourth-order valence-corrected chi connectivity index (χ4v) is 2.21. The van der Waals surface area contributed by atoms with Crippen LogP contribution >= 0.6 is 15.9 Å². The Labute approximate surface area is 118 Å². The van der Waals surface area contributed by atoms with Gasteiger partial charge in [-0.3, -0.25) is 0 Å². The zero-order valence-electron chi connectivity index (χ0n) is 10.7. The molecule has 6 heteroatoms. The van der Waals surface area contributed by atoms with E-state index in [-0.39, 0.29) is 16.0 Å². The van der Waals surface area contributed by atoms with Crippen molar-refractivity contribution in [3.8, 4) is 0 Å². The fraction of sp³-hybridized carbons (Fsp3) is 0.538. The Hall–Kier alpha value is -0.590. The van der Waals surface area contributed by atoms with Crippen LogP contribution in [0.3, 0.4) is 0 Å². The quantitative estimate of drug-likeness (QED) is 0.871. The lowest BCUT2D eigenvalue weighted by molar-refractivity contribution is -0.138. The normalized spacial score (nSPS) is 15.3. The Bertz CT molecular complexity index is 421. The topological polar surface area (TPSA) is 29.5 Å². The maximum Gasteiger partial charge on any atom is 0.417 e. The number of hydrogen-bond acceptors (Lipinski definition) is 2. The number of rotatable bonds is 5. The molecule has 1 N–H and O–H groups in total. The van der Waals surface area contributed by atoms with Crippen LogP contribution in [0.25, 0.3) is 0 Å². The van der Waals surface area contributed by atoms with Crippen LogP contribution in [0.2, 0.25) is 0 Å². The first-order valence-corrected chi connectivity index (χ1v) is 6.60. The molecule has 19 heavy (non-hydrogen) atoms. The Balaban J connectivity index is 2.95. The van der Waals surface area contributed by atoms with Crippen molar-refractivity contribution in [1.82, 2.24) is 0 Å². The lowest BCUT2D eigenvalue weighted by atomic mass is 9.94. The summed E-state index contributed by atoms with van der Waals surface area (Å²) in [4.78, 5) is 0. The van der Waals surface area contributed by atoms with Gasteiger partial charge in [0.05, 0.1) is 11.7 Å². The van der Waals surface area contributed by atoms with Gasteiger partial charge in [0.25, 0.3) is 0 Å². The molecule has 2 atom stereocenters. The van der Waals surface area contributed by atoms with E-state index in [4.69, 9.17) is 4.74 Å². The van der Waals surface area contributed by atoms with Crippen molar-refractivity contribution in [1.29, 1.82) is 0 Å². The molecule has 1 aromatic carbocycles. The maximum absolute atomic E-state index is 12.8. The lowest BCUT2D eigenvalue weighted by Gasteiger charge is -2.20. The molecule has 2 nitrogen and oxygen atoms in total. The van der Waals surface area contributed by atoms with E-state index >= 15 is 0 Å². The minimum Gasteiger partial charge on any atom is -0.388 e. The summed E-state index contributed by atoms with van der Waals surface area (Å²) in [6.07, 6.45) is -4.80. The summed E-state index contributed by atoms with van der Waals surface area (Å²) < 4.78 is 43.2. The number of methoxy groups -OCH3 is 1. The summed E-state index contributed by atoms with van der Waals surface area (Å²) in [7, 11) is 1.54. The number of ether oxygens (including phenoxy) is 1. The average Bonchev–Trinajstić information content (AvgIpc) is 2.34. The van der Waals surface area contributed by atoms with Gasteiger partial charge < -0.3 is 9.84 Å². The van der Waals surface area contributed by atoms with Crippen LogP contribution < -0.4 is 0 Å². The standard InChI is InChI=1S/C13H16BrF3O2/c1-8(5-6-19-2)12(18)9-3-4-11(14)10(7-9)13(15,16)17/h3-4,7-8,12,18H,5-6H2,1-2H3. The molecule has 108 valence electrons. The number of hydrogen-bond donors (Lipinski definition) is 1. The van der Waals surface area contributed by atoms with Crippen molar-refractivity contribution in [2.45, 2.75) is 25.6 Å². The molecular formula is C13H16BrF3O2. The van der Waals surface area contributed by atoms with Crippen molar-refractivity contribution in [2.75, 3.05) is 13.7 Å². The number of aliphatic hydroxyl groups excluding tert-OH is 1. The molecule has 0 radical (unpaired) electrons. The number of aliphatic hydroxyl groups is 1. The summed E-state index contributed by atoms with van der Waals surface area (Å²) >= 11 is 2.87. The number of benzene rings is 1. The van der Waals surface area contributed by atoms with Crippen LogP contribution in [0.15, 0.2) is 22.7 Å². The first-order chi connectivity index (χ1) is 8.77. The van der Waals surface area contributed by atoms with Crippen LogP contribution in [-0.2, 0) is 10.9 Å². The molecule has 0 aromatic heterocycles. The highest BCUT2D eigenvalue weighted by Crippen LogP contribution is 2.37. The summed E-state index contributed by atoms with van der Waals surface area (Å²) in [5, 5.41) is 10.1. The largest absolute Gasteiger partial charge is 0.417 e. The van der Waals surface area contributed by atoms with E-state index in [0.29, 0.717) is 13.0 Å². The Morgan fingerprint density at radius 2 is 2.00 bits per heavy atom. The van der Waals surface area contributed by atoms with Gasteiger partial charge in [-0.15, -0.1) is 0 Å². The van der Waals surface area contributed by atoms with Gasteiger partial charge in [-0.2, -0.15) is 13.2 Å². The van der Waals surface area contributed by atoms with E-state index in [1.54, 1.807) is 14.0 Å². The monoisotopic (exact) mass is 340 g/mol. The van der Waals surface area contributed by atoms with Gasteiger partial charge in [-0.25, -0.2) is 0 Å². The summed E-state index contributed by atoms with van der Waals surface area (Å²) in [6, 6.07) is 3.79. The first-order valence-electron chi connectivity index (χ1n) is 5.81. The number of halogens is 4. The zero-order valence-corrected chi connectivity index (χ0v) is 12.3. The molecule has 0 amide bonds. The lowest BCUT2D eigenvalue weighted by Crippen LogP contribution is -2.13. The molecule has 0 saturated carbocycles. The third-order valence-electron chi connectivity index (χ3n) is 2.95. The fourth-order valence-electron chi connectivity index (χ4n) is 1.73. The number of alkyl halides is 3. The molecule has 1 aromatic rings. The molecule has 0 bridgehead atoms. The van der Waals surface area contributed by atoms with Crippen LogP contribution in [0, 0.1) is 5.92 Å². The molecule has 0 fully saturated rings. The second kappa shape index (κ2) is 6.72. The van der Waals surface area contributed by atoms with Gasteiger partial charge in [-0.1, -0.05) is 28.9 Å². The van der Waals surface area contributed by atoms with Crippen molar-refractivity contribution >= 4 is 15.9 Å². The molecule has 0 saturated heterocycles. The minimum absolute atomic E-state index is 0.0273. The van der Waals surface area contributed by atoms with Crippen LogP contribution in [0.5, 0.6) is 0 Å². The molecular weight excluding hydrogens is 325 g/mol. The van der Waals surface area contributed by atoms with Crippen molar-refractivity contribution in [3.63, 3.8) is 0 Å². The summed E-state index contributed by atoms with van der Waals surface area (Å²) in [5.41, 5.74) is -0.512. The molecule has 2 unspecified atom stereocenters. The highest BCUT2D eigenvalue weighted by molar-refractivity contribution is 9.10. The molecule has 0 spiro atoms. The van der Waals surface area contributed by atoms with Crippen molar-refractivity contribution in [2.24, 2.45) is 5.92 Å². The van der Waals surface area contributed by atoms with Crippen molar-refractivity contribution < 1.29 is 23.0 Å². The third-order valence-corrected chi connectivity index (χ3v) is 3.65. The van der Waals surface area contributed by atoms with E-state index in [1.807, 2.05) is 0 Å². The van der Waals surface area contributed by atoms with E-state index in [0.717, 1.165) is 6.07 Å². The second-order valence-electron chi connectivity index (χ2n) is 4.44. The maximum atomic E-state index is 12.8. The van der Waals surface area contributed by atoms with Gasteiger partial charge >= 0.3 is 6.18 Å². The SMILES string of the molecule is COCCC(C)C(O)c1ccc(Br)c(C(F)(F)F)c1. The van der Waals surface area contributed by atoms with Gasteiger partial charge in [0.1, 0.15) is 0 Å².